The molecule has 0 bridgehead atoms. The van der Waals surface area contributed by atoms with Gasteiger partial charge >= 0.3 is 0 Å². The highest BCUT2D eigenvalue weighted by Crippen LogP contribution is 2.25. The molecular formula is C15H17BrN2. The molecule has 0 saturated carbocycles. The molecular weight excluding hydrogens is 288 g/mol. The summed E-state index contributed by atoms with van der Waals surface area (Å²) in [7, 11) is 0. The van der Waals surface area contributed by atoms with Gasteiger partial charge in [-0.2, -0.15) is 0 Å². The third-order valence-corrected chi connectivity index (χ3v) is 3.52. The molecule has 1 aromatic carbocycles. The molecule has 0 radical (unpaired) electrons. The minimum absolute atomic E-state index is 0.786. The van der Waals surface area contributed by atoms with Crippen LogP contribution in [0, 0.1) is 0 Å². The third kappa shape index (κ3) is 2.96. The van der Waals surface area contributed by atoms with Crippen LogP contribution in [0.4, 0.5) is 0 Å². The van der Waals surface area contributed by atoms with Crippen LogP contribution >= 0.6 is 15.9 Å². The van der Waals surface area contributed by atoms with E-state index in [-0.39, 0.29) is 0 Å². The Bertz CT molecular complexity index is 497. The van der Waals surface area contributed by atoms with Crippen molar-refractivity contribution in [3.63, 3.8) is 0 Å². The van der Waals surface area contributed by atoms with Crippen molar-refractivity contribution in [2.45, 2.75) is 31.5 Å². The number of nitrogens with zero attached hydrogens (tertiary/aromatic N) is 2. The van der Waals surface area contributed by atoms with Gasteiger partial charge in [0.05, 0.1) is 11.4 Å². The van der Waals surface area contributed by atoms with E-state index >= 15 is 0 Å². The molecule has 1 heterocycles. The summed E-state index contributed by atoms with van der Waals surface area (Å²) in [6.45, 7) is 2.21. The van der Waals surface area contributed by atoms with Crippen molar-refractivity contribution in [1.29, 1.82) is 0 Å². The van der Waals surface area contributed by atoms with Crippen molar-refractivity contribution in [1.82, 2.24) is 9.97 Å². The number of hydrogen-bond acceptors (Lipinski definition) is 2. The standard InChI is InChI=1S/C15H17BrN2/c1-2-3-9-13-14(10-16)17-11-18-15(13)12-7-5-4-6-8-12/h4-8,11H,2-3,9-10H2,1H3. The summed E-state index contributed by atoms with van der Waals surface area (Å²) >= 11 is 3.52. The van der Waals surface area contributed by atoms with Gasteiger partial charge in [-0.25, -0.2) is 9.97 Å². The molecule has 0 amide bonds. The van der Waals surface area contributed by atoms with E-state index in [9.17, 15) is 0 Å². The molecule has 0 spiro atoms. The molecule has 94 valence electrons. The average Bonchev–Trinajstić information content (AvgIpc) is 2.45. The van der Waals surface area contributed by atoms with Gasteiger partial charge < -0.3 is 0 Å². The van der Waals surface area contributed by atoms with E-state index in [4.69, 9.17) is 0 Å². The number of rotatable bonds is 5. The van der Waals surface area contributed by atoms with Crippen molar-refractivity contribution in [2.24, 2.45) is 0 Å². The molecule has 0 aliphatic heterocycles. The normalized spacial score (nSPS) is 10.6. The fraction of sp³-hybridized carbons (Fsp3) is 0.333. The van der Waals surface area contributed by atoms with Crippen molar-refractivity contribution in [3.05, 3.63) is 47.9 Å². The van der Waals surface area contributed by atoms with E-state index < -0.39 is 0 Å². The Morgan fingerprint density at radius 1 is 1.11 bits per heavy atom. The lowest BCUT2D eigenvalue weighted by Gasteiger charge is -2.11. The number of hydrogen-bond donors (Lipinski definition) is 0. The fourth-order valence-corrected chi connectivity index (χ4v) is 2.51. The summed E-state index contributed by atoms with van der Waals surface area (Å²) in [5, 5.41) is 0.786. The second-order valence-electron chi connectivity index (χ2n) is 4.25. The molecule has 2 aromatic rings. The van der Waals surface area contributed by atoms with Gasteiger partial charge in [-0.1, -0.05) is 59.6 Å². The second-order valence-corrected chi connectivity index (χ2v) is 4.81. The Balaban J connectivity index is 2.45. The van der Waals surface area contributed by atoms with Crippen LogP contribution in [0.5, 0.6) is 0 Å². The van der Waals surface area contributed by atoms with Gasteiger partial charge in [0.2, 0.25) is 0 Å². The summed E-state index contributed by atoms with van der Waals surface area (Å²) in [6, 6.07) is 10.3. The van der Waals surface area contributed by atoms with Gasteiger partial charge in [-0.05, 0) is 12.8 Å². The first kappa shape index (κ1) is 13.2. The zero-order valence-electron chi connectivity index (χ0n) is 10.6. The molecule has 0 aliphatic rings. The average molecular weight is 305 g/mol. The summed E-state index contributed by atoms with van der Waals surface area (Å²) < 4.78 is 0. The Kier molecular flexibility index (Phi) is 4.88. The maximum absolute atomic E-state index is 4.48. The number of aromatic nitrogens is 2. The largest absolute Gasteiger partial charge is 0.240 e. The zero-order chi connectivity index (χ0) is 12.8. The molecule has 0 N–H and O–H groups in total. The van der Waals surface area contributed by atoms with Gasteiger partial charge in [0.25, 0.3) is 0 Å². The minimum atomic E-state index is 0.786. The van der Waals surface area contributed by atoms with Gasteiger partial charge in [-0.3, -0.25) is 0 Å². The molecule has 0 fully saturated rings. The van der Waals surface area contributed by atoms with Gasteiger partial charge in [0.15, 0.2) is 0 Å². The molecule has 0 aliphatic carbocycles. The number of alkyl halides is 1. The third-order valence-electron chi connectivity index (χ3n) is 2.99. The van der Waals surface area contributed by atoms with Crippen molar-refractivity contribution >= 4 is 15.9 Å². The SMILES string of the molecule is CCCCc1c(CBr)ncnc1-c1ccccc1. The zero-order valence-corrected chi connectivity index (χ0v) is 12.2. The predicted octanol–water partition coefficient (Wildman–Crippen LogP) is 4.38. The highest BCUT2D eigenvalue weighted by atomic mass is 79.9. The predicted molar refractivity (Wildman–Crippen MR) is 78.7 cm³/mol. The van der Waals surface area contributed by atoms with Crippen LogP contribution in [0.1, 0.15) is 31.0 Å². The summed E-state index contributed by atoms with van der Waals surface area (Å²) in [4.78, 5) is 8.86. The van der Waals surface area contributed by atoms with Crippen LogP contribution in [0.3, 0.4) is 0 Å². The van der Waals surface area contributed by atoms with E-state index in [2.05, 4.69) is 57.1 Å². The van der Waals surface area contributed by atoms with E-state index in [1.165, 1.54) is 24.0 Å². The first-order valence-corrected chi connectivity index (χ1v) is 7.43. The summed E-state index contributed by atoms with van der Waals surface area (Å²) in [5.41, 5.74) is 4.64. The molecule has 1 aromatic heterocycles. The van der Waals surface area contributed by atoms with Crippen LogP contribution in [0.25, 0.3) is 11.3 Å². The molecule has 3 heteroatoms. The lowest BCUT2D eigenvalue weighted by Crippen LogP contribution is -2.01. The quantitative estimate of drug-likeness (QED) is 0.766. The first-order valence-electron chi connectivity index (χ1n) is 6.31. The molecule has 2 nitrogen and oxygen atoms in total. The molecule has 18 heavy (non-hydrogen) atoms. The smallest absolute Gasteiger partial charge is 0.116 e. The van der Waals surface area contributed by atoms with Crippen LogP contribution in [-0.4, -0.2) is 9.97 Å². The van der Waals surface area contributed by atoms with E-state index in [0.717, 1.165) is 23.1 Å². The summed E-state index contributed by atoms with van der Waals surface area (Å²) in [6.07, 6.45) is 5.06. The van der Waals surface area contributed by atoms with E-state index in [1.54, 1.807) is 6.33 Å². The first-order chi connectivity index (χ1) is 8.86. The maximum atomic E-state index is 4.48. The lowest BCUT2D eigenvalue weighted by atomic mass is 10.0. The van der Waals surface area contributed by atoms with Crippen LogP contribution < -0.4 is 0 Å². The second kappa shape index (κ2) is 6.64. The van der Waals surface area contributed by atoms with Gasteiger partial charge in [0.1, 0.15) is 6.33 Å². The molecule has 0 saturated heterocycles. The topological polar surface area (TPSA) is 25.8 Å². The Hall–Kier alpha value is -1.22. The monoisotopic (exact) mass is 304 g/mol. The summed E-state index contributed by atoms with van der Waals surface area (Å²) in [5.74, 6) is 0. The highest BCUT2D eigenvalue weighted by molar-refractivity contribution is 9.08. The van der Waals surface area contributed by atoms with E-state index in [0.29, 0.717) is 0 Å². The van der Waals surface area contributed by atoms with Gasteiger partial charge in [-0.15, -0.1) is 0 Å². The maximum Gasteiger partial charge on any atom is 0.116 e. The fourth-order valence-electron chi connectivity index (χ4n) is 2.02. The Labute approximate surface area is 117 Å². The number of halogens is 1. The highest BCUT2D eigenvalue weighted by Gasteiger charge is 2.11. The Morgan fingerprint density at radius 3 is 2.56 bits per heavy atom. The number of unbranched alkanes of at least 4 members (excludes halogenated alkanes) is 1. The van der Waals surface area contributed by atoms with Crippen molar-refractivity contribution < 1.29 is 0 Å². The van der Waals surface area contributed by atoms with E-state index in [1.807, 2.05) is 6.07 Å². The van der Waals surface area contributed by atoms with Crippen LogP contribution in [0.15, 0.2) is 36.7 Å². The van der Waals surface area contributed by atoms with Crippen molar-refractivity contribution in [2.75, 3.05) is 0 Å². The molecule has 0 atom stereocenters. The van der Waals surface area contributed by atoms with Gasteiger partial charge in [0, 0.05) is 16.5 Å². The lowest BCUT2D eigenvalue weighted by molar-refractivity contribution is 0.782. The Morgan fingerprint density at radius 2 is 1.89 bits per heavy atom. The molecule has 0 unspecified atom stereocenters. The van der Waals surface area contributed by atoms with Crippen molar-refractivity contribution in [3.8, 4) is 11.3 Å². The van der Waals surface area contributed by atoms with Crippen LogP contribution in [-0.2, 0) is 11.8 Å². The van der Waals surface area contributed by atoms with Crippen LogP contribution in [0.2, 0.25) is 0 Å². The number of benzene rings is 1. The minimum Gasteiger partial charge on any atom is -0.240 e. The molecule has 2 rings (SSSR count).